The lowest BCUT2D eigenvalue weighted by Crippen LogP contribution is -2.49. The summed E-state index contributed by atoms with van der Waals surface area (Å²) >= 11 is 0. The number of piperidine rings is 1. The monoisotopic (exact) mass is 290 g/mol. The zero-order valence-corrected chi connectivity index (χ0v) is 12.5. The van der Waals surface area contributed by atoms with Crippen LogP contribution in [0.3, 0.4) is 0 Å². The number of carboxylic acid groups (broad SMARTS) is 1. The molecule has 21 heavy (non-hydrogen) atoms. The molecule has 1 heterocycles. The van der Waals surface area contributed by atoms with E-state index >= 15 is 0 Å². The predicted molar refractivity (Wildman–Crippen MR) is 81.4 cm³/mol. The number of rotatable bonds is 3. The molecule has 0 unspecified atom stereocenters. The highest BCUT2D eigenvalue weighted by Gasteiger charge is 2.28. The van der Waals surface area contributed by atoms with Gasteiger partial charge in [-0.1, -0.05) is 12.1 Å². The molecule has 2 rings (SSSR count). The van der Waals surface area contributed by atoms with E-state index in [4.69, 9.17) is 5.11 Å². The van der Waals surface area contributed by atoms with Gasteiger partial charge in [0, 0.05) is 17.8 Å². The summed E-state index contributed by atoms with van der Waals surface area (Å²) in [4.78, 5) is 25.0. The average Bonchev–Trinajstić information content (AvgIpc) is 2.37. The molecule has 1 aromatic carbocycles. The topological polar surface area (TPSA) is 69.6 Å². The molecule has 5 nitrogen and oxygen atoms in total. The summed E-state index contributed by atoms with van der Waals surface area (Å²) in [5, 5.41) is 11.7. The molecule has 1 aromatic rings. The molecule has 1 fully saturated rings. The SMILES string of the molecule is C[C@@H]1CCC[C@H](C)N1C(=O)Nc1cccc(CC(=O)O)c1. The van der Waals surface area contributed by atoms with E-state index < -0.39 is 5.97 Å². The van der Waals surface area contributed by atoms with Crippen molar-refractivity contribution in [3.8, 4) is 0 Å². The maximum absolute atomic E-state index is 12.4. The number of urea groups is 1. The zero-order chi connectivity index (χ0) is 15.4. The standard InChI is InChI=1S/C16H22N2O3/c1-11-5-3-6-12(2)18(11)16(21)17-14-8-4-7-13(9-14)10-15(19)20/h4,7-9,11-12H,3,5-6,10H2,1-2H3,(H,17,21)(H,19,20)/t11-,12+. The summed E-state index contributed by atoms with van der Waals surface area (Å²) < 4.78 is 0. The number of amides is 2. The van der Waals surface area contributed by atoms with E-state index in [9.17, 15) is 9.59 Å². The number of hydrogen-bond donors (Lipinski definition) is 2. The molecule has 0 saturated carbocycles. The number of carboxylic acids is 1. The highest BCUT2D eigenvalue weighted by molar-refractivity contribution is 5.90. The van der Waals surface area contributed by atoms with Crippen LogP contribution in [0.4, 0.5) is 10.5 Å². The van der Waals surface area contributed by atoms with Gasteiger partial charge in [-0.05, 0) is 50.8 Å². The first kappa shape index (κ1) is 15.4. The number of nitrogens with one attached hydrogen (secondary N) is 1. The van der Waals surface area contributed by atoms with Gasteiger partial charge in [0.1, 0.15) is 0 Å². The second-order valence-electron chi connectivity index (χ2n) is 5.74. The Morgan fingerprint density at radius 1 is 1.29 bits per heavy atom. The summed E-state index contributed by atoms with van der Waals surface area (Å²) in [6.07, 6.45) is 3.16. The summed E-state index contributed by atoms with van der Waals surface area (Å²) in [6.45, 7) is 4.13. The van der Waals surface area contributed by atoms with Crippen molar-refractivity contribution in [2.75, 3.05) is 5.32 Å². The molecule has 0 radical (unpaired) electrons. The Bertz CT molecular complexity index is 520. The molecule has 0 bridgehead atoms. The van der Waals surface area contributed by atoms with E-state index in [1.165, 1.54) is 0 Å². The van der Waals surface area contributed by atoms with Gasteiger partial charge in [-0.3, -0.25) is 4.79 Å². The first-order chi connectivity index (χ1) is 9.97. The number of carbonyl (C=O) groups is 2. The molecule has 2 N–H and O–H groups in total. The number of aliphatic carboxylic acids is 1. The van der Waals surface area contributed by atoms with Gasteiger partial charge in [-0.25, -0.2) is 4.79 Å². The molecule has 0 aromatic heterocycles. The van der Waals surface area contributed by atoms with E-state index in [-0.39, 0.29) is 24.5 Å². The number of anilines is 1. The van der Waals surface area contributed by atoms with E-state index in [2.05, 4.69) is 19.2 Å². The van der Waals surface area contributed by atoms with Crippen LogP contribution in [-0.2, 0) is 11.2 Å². The quantitative estimate of drug-likeness (QED) is 0.898. The molecular formula is C16H22N2O3. The van der Waals surface area contributed by atoms with Crippen LogP contribution in [0.2, 0.25) is 0 Å². The Balaban J connectivity index is 2.06. The van der Waals surface area contributed by atoms with Gasteiger partial charge >= 0.3 is 12.0 Å². The van der Waals surface area contributed by atoms with Crippen molar-refractivity contribution in [2.45, 2.75) is 51.6 Å². The second kappa shape index (κ2) is 6.61. The zero-order valence-electron chi connectivity index (χ0n) is 12.5. The highest BCUT2D eigenvalue weighted by Crippen LogP contribution is 2.23. The number of nitrogens with zero attached hydrogens (tertiary/aromatic N) is 1. The third-order valence-electron chi connectivity index (χ3n) is 3.96. The third-order valence-corrected chi connectivity index (χ3v) is 3.96. The summed E-state index contributed by atoms with van der Waals surface area (Å²) in [5.74, 6) is -0.878. The van der Waals surface area contributed by atoms with Crippen molar-refractivity contribution in [2.24, 2.45) is 0 Å². The van der Waals surface area contributed by atoms with E-state index in [1.54, 1.807) is 24.3 Å². The van der Waals surface area contributed by atoms with Gasteiger partial charge in [-0.15, -0.1) is 0 Å². The first-order valence-corrected chi connectivity index (χ1v) is 7.37. The number of likely N-dealkylation sites (tertiary alicyclic amines) is 1. The van der Waals surface area contributed by atoms with Gasteiger partial charge in [0.05, 0.1) is 6.42 Å². The lowest BCUT2D eigenvalue weighted by Gasteiger charge is -2.38. The summed E-state index contributed by atoms with van der Waals surface area (Å²) in [7, 11) is 0. The van der Waals surface area contributed by atoms with Crippen molar-refractivity contribution in [1.29, 1.82) is 0 Å². The van der Waals surface area contributed by atoms with Crippen molar-refractivity contribution in [3.63, 3.8) is 0 Å². The molecule has 0 aliphatic carbocycles. The van der Waals surface area contributed by atoms with Crippen molar-refractivity contribution < 1.29 is 14.7 Å². The second-order valence-corrected chi connectivity index (χ2v) is 5.74. The minimum Gasteiger partial charge on any atom is -0.481 e. The molecule has 2 atom stereocenters. The van der Waals surface area contributed by atoms with Crippen LogP contribution < -0.4 is 5.32 Å². The predicted octanol–water partition coefficient (Wildman–Crippen LogP) is 3.11. The summed E-state index contributed by atoms with van der Waals surface area (Å²) in [5.41, 5.74) is 1.32. The summed E-state index contributed by atoms with van der Waals surface area (Å²) in [6, 6.07) is 7.36. The molecule has 114 valence electrons. The van der Waals surface area contributed by atoms with Gasteiger partial charge in [-0.2, -0.15) is 0 Å². The molecule has 0 spiro atoms. The van der Waals surface area contributed by atoms with E-state index in [1.807, 2.05) is 4.90 Å². The Morgan fingerprint density at radius 2 is 1.95 bits per heavy atom. The Hall–Kier alpha value is -2.04. The van der Waals surface area contributed by atoms with Crippen LogP contribution in [-0.4, -0.2) is 34.1 Å². The van der Waals surface area contributed by atoms with Crippen LogP contribution in [0.1, 0.15) is 38.7 Å². The molecule has 1 saturated heterocycles. The Kier molecular flexibility index (Phi) is 4.83. The van der Waals surface area contributed by atoms with Crippen molar-refractivity contribution in [1.82, 2.24) is 4.90 Å². The molecular weight excluding hydrogens is 268 g/mol. The van der Waals surface area contributed by atoms with Crippen LogP contribution in [0.25, 0.3) is 0 Å². The Morgan fingerprint density at radius 3 is 2.57 bits per heavy atom. The fourth-order valence-electron chi connectivity index (χ4n) is 2.94. The van der Waals surface area contributed by atoms with Crippen LogP contribution >= 0.6 is 0 Å². The highest BCUT2D eigenvalue weighted by atomic mass is 16.4. The van der Waals surface area contributed by atoms with Gasteiger partial charge in [0.25, 0.3) is 0 Å². The fraction of sp³-hybridized carbons (Fsp3) is 0.500. The molecule has 5 heteroatoms. The van der Waals surface area contributed by atoms with Crippen LogP contribution in [0.5, 0.6) is 0 Å². The molecule has 2 amide bonds. The molecule has 1 aliphatic heterocycles. The van der Waals surface area contributed by atoms with Crippen molar-refractivity contribution >= 4 is 17.7 Å². The lowest BCUT2D eigenvalue weighted by atomic mass is 9.98. The number of benzene rings is 1. The average molecular weight is 290 g/mol. The normalized spacial score (nSPS) is 21.9. The fourth-order valence-corrected chi connectivity index (χ4v) is 2.94. The van der Waals surface area contributed by atoms with Gasteiger partial charge in [0.2, 0.25) is 0 Å². The van der Waals surface area contributed by atoms with Crippen molar-refractivity contribution in [3.05, 3.63) is 29.8 Å². The minimum absolute atomic E-state index is 0.0414. The van der Waals surface area contributed by atoms with Gasteiger partial charge < -0.3 is 15.3 Å². The van der Waals surface area contributed by atoms with Crippen LogP contribution in [0, 0.1) is 0 Å². The lowest BCUT2D eigenvalue weighted by molar-refractivity contribution is -0.136. The van der Waals surface area contributed by atoms with E-state index in [0.29, 0.717) is 11.3 Å². The maximum atomic E-state index is 12.4. The van der Waals surface area contributed by atoms with Crippen LogP contribution in [0.15, 0.2) is 24.3 Å². The first-order valence-electron chi connectivity index (χ1n) is 7.37. The third kappa shape index (κ3) is 3.97. The van der Waals surface area contributed by atoms with Gasteiger partial charge in [0.15, 0.2) is 0 Å². The maximum Gasteiger partial charge on any atom is 0.322 e. The molecule has 1 aliphatic rings. The Labute approximate surface area is 125 Å². The smallest absolute Gasteiger partial charge is 0.322 e. The van der Waals surface area contributed by atoms with E-state index in [0.717, 1.165) is 19.3 Å². The number of hydrogen-bond acceptors (Lipinski definition) is 2. The minimum atomic E-state index is -0.878. The number of carbonyl (C=O) groups excluding carboxylic acids is 1. The largest absolute Gasteiger partial charge is 0.481 e.